The second kappa shape index (κ2) is 9.14. The lowest BCUT2D eigenvalue weighted by molar-refractivity contribution is 0.0938. The molecule has 0 atom stereocenters. The molecule has 0 aliphatic heterocycles. The molecule has 6 heteroatoms. The summed E-state index contributed by atoms with van der Waals surface area (Å²) in [7, 11) is 3.23. The van der Waals surface area contributed by atoms with Crippen LogP contribution in [0.4, 0.5) is 0 Å². The van der Waals surface area contributed by atoms with Gasteiger partial charge in [-0.15, -0.1) is 0 Å². The van der Waals surface area contributed by atoms with E-state index < -0.39 is 0 Å². The highest BCUT2D eigenvalue weighted by molar-refractivity contribution is 9.10. The Kier molecular flexibility index (Phi) is 7.81. The lowest BCUT2D eigenvalue weighted by Crippen LogP contribution is -2.20. The fourth-order valence-corrected chi connectivity index (χ4v) is 2.03. The first-order valence-electron chi connectivity index (χ1n) is 6.02. The van der Waals surface area contributed by atoms with E-state index in [2.05, 4.69) is 21.2 Å². The molecule has 0 bridgehead atoms. The second-order valence-corrected chi connectivity index (χ2v) is 4.67. The molecule has 2 N–H and O–H groups in total. The van der Waals surface area contributed by atoms with E-state index in [9.17, 15) is 0 Å². The summed E-state index contributed by atoms with van der Waals surface area (Å²) in [5.74, 6) is 1.41. The van der Waals surface area contributed by atoms with Crippen LogP contribution in [0.15, 0.2) is 16.6 Å². The van der Waals surface area contributed by atoms with Crippen molar-refractivity contribution in [3.05, 3.63) is 22.2 Å². The Labute approximate surface area is 122 Å². The second-order valence-electron chi connectivity index (χ2n) is 3.81. The Balaban J connectivity index is 2.49. The molecule has 0 heterocycles. The third-order valence-electron chi connectivity index (χ3n) is 2.53. The summed E-state index contributed by atoms with van der Waals surface area (Å²) in [5.41, 5.74) is 1.08. The van der Waals surface area contributed by atoms with Crippen LogP contribution in [-0.2, 0) is 11.3 Å². The summed E-state index contributed by atoms with van der Waals surface area (Å²) in [6, 6.07) is 3.82. The number of rotatable bonds is 9. The zero-order valence-electron chi connectivity index (χ0n) is 11.2. The zero-order valence-corrected chi connectivity index (χ0v) is 12.8. The molecule has 0 aliphatic rings. The van der Waals surface area contributed by atoms with Crippen molar-refractivity contribution in [2.45, 2.75) is 6.54 Å². The molecule has 1 aromatic carbocycles. The van der Waals surface area contributed by atoms with E-state index in [4.69, 9.17) is 19.3 Å². The third-order valence-corrected chi connectivity index (χ3v) is 3.27. The van der Waals surface area contributed by atoms with Gasteiger partial charge in [0.05, 0.1) is 34.0 Å². The van der Waals surface area contributed by atoms with Crippen LogP contribution >= 0.6 is 15.9 Å². The van der Waals surface area contributed by atoms with E-state index in [0.717, 1.165) is 16.6 Å². The summed E-state index contributed by atoms with van der Waals surface area (Å²) < 4.78 is 16.6. The molecule has 1 aromatic rings. The number of methoxy groups -OCH3 is 2. The van der Waals surface area contributed by atoms with Gasteiger partial charge in [0.1, 0.15) is 0 Å². The predicted molar refractivity (Wildman–Crippen MR) is 76.9 cm³/mol. The summed E-state index contributed by atoms with van der Waals surface area (Å²) >= 11 is 3.51. The number of halogens is 1. The molecule has 0 radical (unpaired) electrons. The molecule has 0 spiro atoms. The normalized spacial score (nSPS) is 10.5. The molecule has 1 rings (SSSR count). The van der Waals surface area contributed by atoms with Gasteiger partial charge in [0, 0.05) is 17.6 Å². The first-order valence-corrected chi connectivity index (χ1v) is 6.82. The maximum atomic E-state index is 8.57. The summed E-state index contributed by atoms with van der Waals surface area (Å²) in [4.78, 5) is 0. The fourth-order valence-electron chi connectivity index (χ4n) is 1.57. The van der Waals surface area contributed by atoms with E-state index in [0.29, 0.717) is 31.3 Å². The maximum Gasteiger partial charge on any atom is 0.161 e. The number of aliphatic hydroxyl groups excluding tert-OH is 1. The van der Waals surface area contributed by atoms with Crippen LogP contribution in [-0.4, -0.2) is 45.7 Å². The maximum absolute atomic E-state index is 8.57. The van der Waals surface area contributed by atoms with E-state index in [-0.39, 0.29) is 6.61 Å². The smallest absolute Gasteiger partial charge is 0.161 e. The Bertz CT molecular complexity index is 387. The van der Waals surface area contributed by atoms with Crippen LogP contribution in [0, 0.1) is 0 Å². The standard InChI is InChI=1S/C13H20BrNO4/c1-17-12-7-10(11(14)8-13(12)18-2)9-15-3-5-19-6-4-16/h7-8,15-16H,3-6,9H2,1-2H3. The van der Waals surface area contributed by atoms with Gasteiger partial charge in [0.2, 0.25) is 0 Å². The number of nitrogens with one attached hydrogen (secondary N) is 1. The minimum absolute atomic E-state index is 0.0568. The predicted octanol–water partition coefficient (Wildman–Crippen LogP) is 1.56. The molecular formula is C13H20BrNO4. The van der Waals surface area contributed by atoms with Crippen LogP contribution in [0.2, 0.25) is 0 Å². The van der Waals surface area contributed by atoms with Gasteiger partial charge in [-0.05, 0) is 17.7 Å². The quantitative estimate of drug-likeness (QED) is 0.672. The Morgan fingerprint density at radius 3 is 2.47 bits per heavy atom. The summed E-state index contributed by atoms with van der Waals surface area (Å²) in [6.07, 6.45) is 0. The van der Waals surface area contributed by atoms with E-state index in [1.165, 1.54) is 0 Å². The van der Waals surface area contributed by atoms with Crippen molar-refractivity contribution in [1.82, 2.24) is 5.32 Å². The van der Waals surface area contributed by atoms with Crippen LogP contribution in [0.5, 0.6) is 11.5 Å². The minimum Gasteiger partial charge on any atom is -0.493 e. The number of hydrogen-bond acceptors (Lipinski definition) is 5. The molecule has 0 fully saturated rings. The van der Waals surface area contributed by atoms with E-state index in [1.54, 1.807) is 14.2 Å². The largest absolute Gasteiger partial charge is 0.493 e. The molecule has 0 amide bonds. The lowest BCUT2D eigenvalue weighted by Gasteiger charge is -2.12. The van der Waals surface area contributed by atoms with Gasteiger partial charge >= 0.3 is 0 Å². The Morgan fingerprint density at radius 2 is 1.84 bits per heavy atom. The van der Waals surface area contributed by atoms with Gasteiger partial charge in [0.15, 0.2) is 11.5 Å². The summed E-state index contributed by atoms with van der Waals surface area (Å²) in [6.45, 7) is 2.43. The van der Waals surface area contributed by atoms with Crippen molar-refractivity contribution < 1.29 is 19.3 Å². The van der Waals surface area contributed by atoms with Crippen LogP contribution in [0.3, 0.4) is 0 Å². The van der Waals surface area contributed by atoms with Gasteiger partial charge in [-0.3, -0.25) is 0 Å². The highest BCUT2D eigenvalue weighted by atomic mass is 79.9. The van der Waals surface area contributed by atoms with Crippen LogP contribution in [0.1, 0.15) is 5.56 Å². The molecule has 5 nitrogen and oxygen atoms in total. The van der Waals surface area contributed by atoms with Gasteiger partial charge < -0.3 is 24.6 Å². The summed E-state index contributed by atoms with van der Waals surface area (Å²) in [5, 5.41) is 11.8. The molecule has 0 saturated carbocycles. The SMILES string of the molecule is COc1cc(Br)c(CNCCOCCO)cc1OC. The molecule has 108 valence electrons. The molecular weight excluding hydrogens is 314 g/mol. The molecule has 19 heavy (non-hydrogen) atoms. The van der Waals surface area contributed by atoms with Crippen molar-refractivity contribution in [2.24, 2.45) is 0 Å². The van der Waals surface area contributed by atoms with Crippen molar-refractivity contribution >= 4 is 15.9 Å². The van der Waals surface area contributed by atoms with Gasteiger partial charge in [0.25, 0.3) is 0 Å². The lowest BCUT2D eigenvalue weighted by atomic mass is 10.2. The molecule has 0 aromatic heterocycles. The molecule has 0 unspecified atom stereocenters. The van der Waals surface area contributed by atoms with Crippen LogP contribution < -0.4 is 14.8 Å². The van der Waals surface area contributed by atoms with Gasteiger partial charge in [-0.2, -0.15) is 0 Å². The van der Waals surface area contributed by atoms with Crippen molar-refractivity contribution in [3.63, 3.8) is 0 Å². The average Bonchev–Trinajstić information content (AvgIpc) is 2.43. The van der Waals surface area contributed by atoms with Gasteiger partial charge in [-0.25, -0.2) is 0 Å². The minimum atomic E-state index is 0.0568. The van der Waals surface area contributed by atoms with Crippen molar-refractivity contribution in [3.8, 4) is 11.5 Å². The topological polar surface area (TPSA) is 60.0 Å². The third kappa shape index (κ3) is 5.36. The fraction of sp³-hybridized carbons (Fsp3) is 0.538. The highest BCUT2D eigenvalue weighted by Crippen LogP contribution is 2.33. The van der Waals surface area contributed by atoms with E-state index in [1.807, 2.05) is 12.1 Å². The number of benzene rings is 1. The monoisotopic (exact) mass is 333 g/mol. The average molecular weight is 334 g/mol. The van der Waals surface area contributed by atoms with Gasteiger partial charge in [-0.1, -0.05) is 15.9 Å². The highest BCUT2D eigenvalue weighted by Gasteiger charge is 2.09. The van der Waals surface area contributed by atoms with Crippen LogP contribution in [0.25, 0.3) is 0 Å². The first-order chi connectivity index (χ1) is 9.22. The number of ether oxygens (including phenoxy) is 3. The van der Waals surface area contributed by atoms with E-state index >= 15 is 0 Å². The first kappa shape index (κ1) is 16.2. The molecule has 0 aliphatic carbocycles. The molecule has 0 saturated heterocycles. The Hall–Kier alpha value is -0.820. The Morgan fingerprint density at radius 1 is 1.16 bits per heavy atom. The van der Waals surface area contributed by atoms with Crippen molar-refractivity contribution in [2.75, 3.05) is 40.6 Å². The van der Waals surface area contributed by atoms with Crippen molar-refractivity contribution in [1.29, 1.82) is 0 Å². The zero-order chi connectivity index (χ0) is 14.1. The number of aliphatic hydroxyl groups is 1. The number of hydrogen-bond donors (Lipinski definition) is 2.